The molecule has 0 aromatic rings. The molecule has 1 saturated heterocycles. The summed E-state index contributed by atoms with van der Waals surface area (Å²) in [6.07, 6.45) is -5.44. The smallest absolute Gasteiger partial charge is 0.256 e. The lowest BCUT2D eigenvalue weighted by Crippen LogP contribution is -2.60. The number of hydrogen-bond acceptors (Lipinski definition) is 4. The fourth-order valence-corrected chi connectivity index (χ4v) is 1.82. The van der Waals surface area contributed by atoms with Gasteiger partial charge in [-0.25, -0.2) is 8.78 Å². The summed E-state index contributed by atoms with van der Waals surface area (Å²) in [6, 6.07) is -1.41. The van der Waals surface area contributed by atoms with Crippen molar-refractivity contribution in [1.82, 2.24) is 5.32 Å². The second-order valence-electron chi connectivity index (χ2n) is 3.92. The van der Waals surface area contributed by atoms with E-state index in [1.807, 2.05) is 0 Å². The number of carbonyl (C=O) groups excluding carboxylic acids is 1. The van der Waals surface area contributed by atoms with E-state index in [1.165, 1.54) is 6.92 Å². The largest absolute Gasteiger partial charge is 0.390 e. The summed E-state index contributed by atoms with van der Waals surface area (Å²) in [5.74, 6) is -0.629. The van der Waals surface area contributed by atoms with E-state index < -0.39 is 30.6 Å². The number of aliphatic hydroxyl groups excluding tert-OH is 2. The quantitative estimate of drug-likeness (QED) is 0.605. The summed E-state index contributed by atoms with van der Waals surface area (Å²) in [5.41, 5.74) is 0. The first kappa shape index (κ1) is 12.5. The van der Waals surface area contributed by atoms with Crippen molar-refractivity contribution in [3.63, 3.8) is 0 Å². The Labute approximate surface area is 86.3 Å². The van der Waals surface area contributed by atoms with E-state index in [-0.39, 0.29) is 18.7 Å². The average Bonchev–Trinajstić information content (AvgIpc) is 2.12. The summed E-state index contributed by atoms with van der Waals surface area (Å²) in [7, 11) is 0. The van der Waals surface area contributed by atoms with Gasteiger partial charge in [-0.2, -0.15) is 0 Å². The van der Waals surface area contributed by atoms with Gasteiger partial charge in [0.25, 0.3) is 6.43 Å². The van der Waals surface area contributed by atoms with Crippen LogP contribution in [-0.4, -0.2) is 47.2 Å². The highest BCUT2D eigenvalue weighted by molar-refractivity contribution is 5.75. The first-order chi connectivity index (χ1) is 6.93. The minimum atomic E-state index is -2.73. The van der Waals surface area contributed by atoms with Crippen molar-refractivity contribution in [2.45, 2.75) is 38.0 Å². The molecule has 1 rings (SSSR count). The fourth-order valence-electron chi connectivity index (χ4n) is 1.82. The Bertz CT molecular complexity index is 237. The molecule has 88 valence electrons. The molecule has 0 aliphatic carbocycles. The van der Waals surface area contributed by atoms with Crippen molar-refractivity contribution >= 4 is 5.78 Å². The molecule has 0 aromatic carbocycles. The lowest BCUT2D eigenvalue weighted by Gasteiger charge is -2.37. The van der Waals surface area contributed by atoms with E-state index in [2.05, 4.69) is 5.32 Å². The van der Waals surface area contributed by atoms with Gasteiger partial charge in [-0.1, -0.05) is 0 Å². The molecule has 1 aliphatic heterocycles. The molecular weight excluding hydrogens is 208 g/mol. The van der Waals surface area contributed by atoms with Crippen molar-refractivity contribution in [3.8, 4) is 0 Å². The number of alkyl halides is 2. The standard InChI is InChI=1S/C9H15F2NO3/c1-4(13)2-5-3-12-6(9(10)11)8(15)7(5)14/h5-9,12,14-15H,2-3H2,1H3/t5-,6-,7+,8+/m0/s1. The van der Waals surface area contributed by atoms with Crippen LogP contribution in [-0.2, 0) is 4.79 Å². The summed E-state index contributed by atoms with van der Waals surface area (Å²) in [6.45, 7) is 1.48. The lowest BCUT2D eigenvalue weighted by molar-refractivity contribution is -0.124. The van der Waals surface area contributed by atoms with E-state index in [0.717, 1.165) is 0 Å². The average molecular weight is 223 g/mol. The Morgan fingerprint density at radius 2 is 2.07 bits per heavy atom. The van der Waals surface area contributed by atoms with Gasteiger partial charge in [0, 0.05) is 18.9 Å². The number of ketones is 1. The van der Waals surface area contributed by atoms with Crippen molar-refractivity contribution in [2.24, 2.45) is 5.92 Å². The van der Waals surface area contributed by atoms with Gasteiger partial charge in [0.2, 0.25) is 0 Å². The molecule has 4 atom stereocenters. The molecule has 15 heavy (non-hydrogen) atoms. The third-order valence-electron chi connectivity index (χ3n) is 2.64. The molecule has 0 radical (unpaired) electrons. The third kappa shape index (κ3) is 2.93. The van der Waals surface area contributed by atoms with Gasteiger partial charge in [-0.3, -0.25) is 0 Å². The van der Waals surface area contributed by atoms with E-state index in [9.17, 15) is 23.8 Å². The number of Topliss-reactive ketones (excluding diaryl/α,β-unsaturated/α-hetero) is 1. The first-order valence-corrected chi connectivity index (χ1v) is 4.80. The van der Waals surface area contributed by atoms with Gasteiger partial charge in [0.15, 0.2) is 0 Å². The van der Waals surface area contributed by atoms with Gasteiger partial charge < -0.3 is 20.3 Å². The molecule has 0 saturated carbocycles. The van der Waals surface area contributed by atoms with Crippen LogP contribution in [0.5, 0.6) is 0 Å². The molecule has 0 unspecified atom stereocenters. The van der Waals surface area contributed by atoms with Crippen LogP contribution >= 0.6 is 0 Å². The number of nitrogens with one attached hydrogen (secondary N) is 1. The third-order valence-corrected chi connectivity index (χ3v) is 2.64. The highest BCUT2D eigenvalue weighted by atomic mass is 19.3. The van der Waals surface area contributed by atoms with Crippen LogP contribution in [0, 0.1) is 5.92 Å². The van der Waals surface area contributed by atoms with E-state index in [0.29, 0.717) is 0 Å². The van der Waals surface area contributed by atoms with Gasteiger partial charge >= 0.3 is 0 Å². The molecule has 1 fully saturated rings. The minimum Gasteiger partial charge on any atom is -0.390 e. The highest BCUT2D eigenvalue weighted by Gasteiger charge is 2.41. The summed E-state index contributed by atoms with van der Waals surface area (Å²) < 4.78 is 24.7. The van der Waals surface area contributed by atoms with Crippen LogP contribution in [0.1, 0.15) is 13.3 Å². The van der Waals surface area contributed by atoms with Crippen LogP contribution < -0.4 is 5.32 Å². The zero-order chi connectivity index (χ0) is 11.6. The van der Waals surface area contributed by atoms with Crippen LogP contribution in [0.2, 0.25) is 0 Å². The monoisotopic (exact) mass is 223 g/mol. The Morgan fingerprint density at radius 3 is 2.53 bits per heavy atom. The van der Waals surface area contributed by atoms with Gasteiger partial charge in [-0.15, -0.1) is 0 Å². The number of halogens is 2. The number of aliphatic hydroxyl groups is 2. The Hall–Kier alpha value is -0.590. The maximum absolute atomic E-state index is 12.3. The van der Waals surface area contributed by atoms with Gasteiger partial charge in [0.05, 0.1) is 12.1 Å². The SMILES string of the molecule is CC(=O)C[C@H]1CN[C@H](C(F)F)[C@@H](O)[C@@H]1O. The molecule has 1 aliphatic rings. The summed E-state index contributed by atoms with van der Waals surface area (Å²) >= 11 is 0. The maximum Gasteiger partial charge on any atom is 0.256 e. The molecular formula is C9H15F2NO3. The van der Waals surface area contributed by atoms with Crippen molar-refractivity contribution in [1.29, 1.82) is 0 Å². The number of hydrogen-bond donors (Lipinski definition) is 3. The Balaban J connectivity index is 2.60. The first-order valence-electron chi connectivity index (χ1n) is 4.80. The number of piperidine rings is 1. The number of rotatable bonds is 3. The Kier molecular flexibility index (Phi) is 4.12. The Morgan fingerprint density at radius 1 is 1.47 bits per heavy atom. The molecule has 0 amide bonds. The molecule has 0 aromatic heterocycles. The van der Waals surface area contributed by atoms with E-state index in [1.54, 1.807) is 0 Å². The molecule has 3 N–H and O–H groups in total. The predicted molar refractivity (Wildman–Crippen MR) is 48.6 cm³/mol. The normalized spacial score (nSPS) is 36.9. The van der Waals surface area contributed by atoms with Crippen LogP contribution in [0.3, 0.4) is 0 Å². The van der Waals surface area contributed by atoms with Crippen molar-refractivity contribution in [3.05, 3.63) is 0 Å². The predicted octanol–water partition coefficient (Wildman–Crippen LogP) is -0.460. The molecule has 0 bridgehead atoms. The minimum absolute atomic E-state index is 0.0845. The zero-order valence-electron chi connectivity index (χ0n) is 8.36. The number of carbonyl (C=O) groups is 1. The summed E-state index contributed by atoms with van der Waals surface area (Å²) in [4.78, 5) is 10.8. The maximum atomic E-state index is 12.3. The van der Waals surface area contributed by atoms with Gasteiger partial charge in [-0.05, 0) is 6.92 Å². The summed E-state index contributed by atoms with van der Waals surface area (Å²) in [5, 5.41) is 21.4. The molecule has 1 heterocycles. The van der Waals surface area contributed by atoms with Crippen molar-refractivity contribution in [2.75, 3.05) is 6.54 Å². The topological polar surface area (TPSA) is 69.6 Å². The lowest BCUT2D eigenvalue weighted by atomic mass is 9.86. The highest BCUT2D eigenvalue weighted by Crippen LogP contribution is 2.22. The van der Waals surface area contributed by atoms with Crippen LogP contribution in [0.25, 0.3) is 0 Å². The molecule has 6 heteroatoms. The van der Waals surface area contributed by atoms with Crippen molar-refractivity contribution < 1.29 is 23.8 Å². The molecule has 4 nitrogen and oxygen atoms in total. The van der Waals surface area contributed by atoms with E-state index >= 15 is 0 Å². The van der Waals surface area contributed by atoms with Crippen LogP contribution in [0.4, 0.5) is 8.78 Å². The fraction of sp³-hybridized carbons (Fsp3) is 0.889. The zero-order valence-corrected chi connectivity index (χ0v) is 8.36. The van der Waals surface area contributed by atoms with Gasteiger partial charge in [0.1, 0.15) is 11.9 Å². The second-order valence-corrected chi connectivity index (χ2v) is 3.92. The van der Waals surface area contributed by atoms with Crippen LogP contribution in [0.15, 0.2) is 0 Å². The second kappa shape index (κ2) is 4.96. The molecule has 0 spiro atoms. The van der Waals surface area contributed by atoms with E-state index in [4.69, 9.17) is 0 Å².